The quantitative estimate of drug-likeness (QED) is 0.634. The Morgan fingerprint density at radius 1 is 1.31 bits per heavy atom. The lowest BCUT2D eigenvalue weighted by molar-refractivity contribution is 0.185. The highest BCUT2D eigenvalue weighted by molar-refractivity contribution is 5.38. The van der Waals surface area contributed by atoms with Gasteiger partial charge < -0.3 is 4.74 Å². The first kappa shape index (κ1) is 9.32. The predicted octanol–water partition coefficient (Wildman–Crippen LogP) is 1.71. The molecular formula is C11H9NO. The zero-order valence-electron chi connectivity index (χ0n) is 7.37. The Morgan fingerprint density at radius 3 is 2.54 bits per heavy atom. The van der Waals surface area contributed by atoms with E-state index in [4.69, 9.17) is 10.00 Å². The molecule has 2 heteroatoms. The molecule has 0 heterocycles. The summed E-state index contributed by atoms with van der Waals surface area (Å²) in [7, 11) is 1.66. The highest BCUT2D eigenvalue weighted by Gasteiger charge is 1.90. The molecule has 0 amide bonds. The molecule has 0 N–H and O–H groups in total. The molecule has 0 fully saturated rings. The molecule has 2 nitrogen and oxygen atoms in total. The first-order chi connectivity index (χ1) is 6.36. The number of nitrogens with zero attached hydrogens (tertiary/aromatic N) is 1. The van der Waals surface area contributed by atoms with Gasteiger partial charge in [-0.25, -0.2) is 0 Å². The van der Waals surface area contributed by atoms with Gasteiger partial charge in [0, 0.05) is 18.6 Å². The van der Waals surface area contributed by atoms with E-state index in [0.29, 0.717) is 6.61 Å². The topological polar surface area (TPSA) is 33.0 Å². The summed E-state index contributed by atoms with van der Waals surface area (Å²) in [6, 6.07) is 9.39. The number of nitriles is 1. The van der Waals surface area contributed by atoms with Crippen molar-refractivity contribution in [3.05, 3.63) is 35.4 Å². The average molecular weight is 171 g/mol. The fourth-order valence-corrected chi connectivity index (χ4v) is 0.951. The zero-order valence-corrected chi connectivity index (χ0v) is 7.37. The van der Waals surface area contributed by atoms with Crippen LogP contribution in [0.25, 0.3) is 0 Å². The molecule has 1 aromatic carbocycles. The number of ether oxygens (including phenoxy) is 1. The third-order valence-corrected chi connectivity index (χ3v) is 1.53. The summed E-state index contributed by atoms with van der Waals surface area (Å²) in [6.45, 7) is 0.603. The van der Waals surface area contributed by atoms with E-state index in [1.165, 1.54) is 0 Å². The number of hydrogen-bond acceptors (Lipinski definition) is 2. The molecule has 64 valence electrons. The Kier molecular flexibility index (Phi) is 3.57. The molecule has 0 spiro atoms. The van der Waals surface area contributed by atoms with Crippen LogP contribution >= 0.6 is 0 Å². The third kappa shape index (κ3) is 2.99. The molecule has 1 rings (SSSR count). The molecule has 0 saturated heterocycles. The number of methoxy groups -OCH3 is 1. The first-order valence-corrected chi connectivity index (χ1v) is 3.85. The Morgan fingerprint density at radius 2 is 2.00 bits per heavy atom. The molecular weight excluding hydrogens is 162 g/mol. The van der Waals surface area contributed by atoms with Crippen LogP contribution < -0.4 is 0 Å². The van der Waals surface area contributed by atoms with Crippen LogP contribution in [-0.2, 0) is 11.3 Å². The van der Waals surface area contributed by atoms with Gasteiger partial charge in [-0.1, -0.05) is 18.1 Å². The standard InChI is InChI=1S/C11H9NO/c1-13-9-11-6-4-10(5-7-11)3-2-8-12/h4-7H,9H2,1H3. The van der Waals surface area contributed by atoms with Crippen LogP contribution in [0.15, 0.2) is 24.3 Å². The Labute approximate surface area is 77.8 Å². The highest BCUT2D eigenvalue weighted by Crippen LogP contribution is 2.03. The summed E-state index contributed by atoms with van der Waals surface area (Å²) >= 11 is 0. The molecule has 1 aromatic rings. The molecule has 0 aliphatic rings. The predicted molar refractivity (Wildman–Crippen MR) is 49.6 cm³/mol. The van der Waals surface area contributed by atoms with Gasteiger partial charge in [-0.15, -0.1) is 0 Å². The highest BCUT2D eigenvalue weighted by atomic mass is 16.5. The van der Waals surface area contributed by atoms with Crippen LogP contribution in [0.2, 0.25) is 0 Å². The first-order valence-electron chi connectivity index (χ1n) is 3.85. The zero-order chi connectivity index (χ0) is 9.52. The lowest BCUT2D eigenvalue weighted by atomic mass is 10.1. The lowest BCUT2D eigenvalue weighted by Gasteiger charge is -1.97. The fourth-order valence-electron chi connectivity index (χ4n) is 0.951. The van der Waals surface area contributed by atoms with Gasteiger partial charge in [0.25, 0.3) is 0 Å². The van der Waals surface area contributed by atoms with Crippen LogP contribution in [-0.4, -0.2) is 7.11 Å². The van der Waals surface area contributed by atoms with E-state index in [1.54, 1.807) is 13.2 Å². The maximum atomic E-state index is 8.22. The fraction of sp³-hybridized carbons (Fsp3) is 0.182. The number of rotatable bonds is 2. The van der Waals surface area contributed by atoms with Crippen LogP contribution in [0.4, 0.5) is 0 Å². The minimum atomic E-state index is 0.603. The second kappa shape index (κ2) is 4.98. The van der Waals surface area contributed by atoms with Gasteiger partial charge in [0.1, 0.15) is 0 Å². The summed E-state index contributed by atoms with van der Waals surface area (Å²) in [4.78, 5) is 0. The largest absolute Gasteiger partial charge is 0.380 e. The smallest absolute Gasteiger partial charge is 0.152 e. The minimum absolute atomic E-state index is 0.603. The monoisotopic (exact) mass is 171 g/mol. The van der Waals surface area contributed by atoms with E-state index in [0.717, 1.165) is 11.1 Å². The Hall–Kier alpha value is -1.77. The summed E-state index contributed by atoms with van der Waals surface area (Å²) in [5, 5.41) is 8.22. The maximum absolute atomic E-state index is 8.22. The van der Waals surface area contributed by atoms with E-state index in [-0.39, 0.29) is 0 Å². The van der Waals surface area contributed by atoms with Gasteiger partial charge in [-0.3, -0.25) is 0 Å². The summed E-state index contributed by atoms with van der Waals surface area (Å²) in [5.41, 5.74) is 1.95. The van der Waals surface area contributed by atoms with Crippen molar-refractivity contribution in [2.45, 2.75) is 6.61 Å². The second-order valence-electron chi connectivity index (χ2n) is 2.49. The van der Waals surface area contributed by atoms with Gasteiger partial charge >= 0.3 is 0 Å². The van der Waals surface area contributed by atoms with E-state index in [2.05, 4.69) is 11.8 Å². The normalized spacial score (nSPS) is 8.31. The second-order valence-corrected chi connectivity index (χ2v) is 2.49. The molecule has 0 aliphatic carbocycles. The molecule has 13 heavy (non-hydrogen) atoms. The van der Waals surface area contributed by atoms with Crippen molar-refractivity contribution >= 4 is 0 Å². The van der Waals surface area contributed by atoms with Crippen molar-refractivity contribution in [3.63, 3.8) is 0 Å². The summed E-state index contributed by atoms with van der Waals surface area (Å²) < 4.78 is 4.96. The molecule has 0 unspecified atom stereocenters. The van der Waals surface area contributed by atoms with E-state index in [1.807, 2.05) is 24.3 Å². The van der Waals surface area contributed by atoms with Gasteiger partial charge in [0.15, 0.2) is 6.07 Å². The van der Waals surface area contributed by atoms with Crippen LogP contribution in [0.3, 0.4) is 0 Å². The maximum Gasteiger partial charge on any atom is 0.152 e. The van der Waals surface area contributed by atoms with Crippen LogP contribution in [0.5, 0.6) is 0 Å². The molecule has 0 bridgehead atoms. The third-order valence-electron chi connectivity index (χ3n) is 1.53. The molecule has 0 aromatic heterocycles. The van der Waals surface area contributed by atoms with Crippen molar-refractivity contribution < 1.29 is 4.74 Å². The Bertz CT molecular complexity index is 362. The lowest BCUT2D eigenvalue weighted by Crippen LogP contribution is -1.86. The SMILES string of the molecule is COCc1ccc(C#CC#N)cc1. The van der Waals surface area contributed by atoms with Gasteiger partial charge in [0.2, 0.25) is 0 Å². The molecule has 0 saturated carbocycles. The molecule has 0 aliphatic heterocycles. The van der Waals surface area contributed by atoms with Crippen molar-refractivity contribution in [1.82, 2.24) is 0 Å². The van der Waals surface area contributed by atoms with Gasteiger partial charge in [0.05, 0.1) is 6.61 Å². The van der Waals surface area contributed by atoms with Crippen molar-refractivity contribution in [3.8, 4) is 17.9 Å². The van der Waals surface area contributed by atoms with Crippen LogP contribution in [0.1, 0.15) is 11.1 Å². The number of hydrogen-bond donors (Lipinski definition) is 0. The van der Waals surface area contributed by atoms with Gasteiger partial charge in [-0.2, -0.15) is 5.26 Å². The Balaban J connectivity index is 2.76. The molecule has 0 atom stereocenters. The van der Waals surface area contributed by atoms with Gasteiger partial charge in [-0.05, 0) is 17.7 Å². The van der Waals surface area contributed by atoms with Crippen molar-refractivity contribution in [2.75, 3.05) is 7.11 Å². The van der Waals surface area contributed by atoms with Crippen molar-refractivity contribution in [2.24, 2.45) is 0 Å². The van der Waals surface area contributed by atoms with Crippen molar-refractivity contribution in [1.29, 1.82) is 5.26 Å². The summed E-state index contributed by atoms with van der Waals surface area (Å²) in [5.74, 6) is 5.05. The minimum Gasteiger partial charge on any atom is -0.380 e. The number of benzene rings is 1. The molecule has 0 radical (unpaired) electrons. The van der Waals surface area contributed by atoms with E-state index in [9.17, 15) is 0 Å². The average Bonchev–Trinajstić information content (AvgIpc) is 2.17. The summed E-state index contributed by atoms with van der Waals surface area (Å²) in [6.07, 6.45) is 0. The van der Waals surface area contributed by atoms with E-state index < -0.39 is 0 Å². The van der Waals surface area contributed by atoms with E-state index >= 15 is 0 Å². The van der Waals surface area contributed by atoms with Crippen LogP contribution in [0, 0.1) is 23.2 Å².